The van der Waals surface area contributed by atoms with Gasteiger partial charge in [-0.3, -0.25) is 0 Å². The standard InChI is InChI=1S/C17H26BrNO/c1-4-13-5-8-15(9-6-13)19-12(2)14-7-10-17(20-3)16(18)11-14/h7,10-13,15,19H,4-6,8-9H2,1-3H3. The maximum absolute atomic E-state index is 5.29. The summed E-state index contributed by atoms with van der Waals surface area (Å²) in [6, 6.07) is 7.41. The largest absolute Gasteiger partial charge is 0.496 e. The summed E-state index contributed by atoms with van der Waals surface area (Å²) in [5, 5.41) is 3.78. The number of hydrogen-bond donors (Lipinski definition) is 1. The van der Waals surface area contributed by atoms with E-state index in [1.165, 1.54) is 37.7 Å². The Labute approximate surface area is 131 Å². The Morgan fingerprint density at radius 2 is 2.00 bits per heavy atom. The van der Waals surface area contributed by atoms with Crippen LogP contribution in [-0.4, -0.2) is 13.2 Å². The van der Waals surface area contributed by atoms with Crippen molar-refractivity contribution in [1.82, 2.24) is 5.32 Å². The quantitative estimate of drug-likeness (QED) is 0.807. The van der Waals surface area contributed by atoms with Crippen LogP contribution in [-0.2, 0) is 0 Å². The lowest BCUT2D eigenvalue weighted by molar-refractivity contribution is 0.273. The molecule has 2 rings (SSSR count). The average Bonchev–Trinajstić information content (AvgIpc) is 2.48. The zero-order valence-corrected chi connectivity index (χ0v) is 14.4. The van der Waals surface area contributed by atoms with Crippen LogP contribution in [0.1, 0.15) is 57.6 Å². The first kappa shape index (κ1) is 15.8. The van der Waals surface area contributed by atoms with Crippen molar-refractivity contribution < 1.29 is 4.74 Å². The lowest BCUT2D eigenvalue weighted by Gasteiger charge is -2.31. The van der Waals surface area contributed by atoms with Crippen molar-refractivity contribution in [3.63, 3.8) is 0 Å². The molecule has 1 aliphatic carbocycles. The second-order valence-electron chi connectivity index (χ2n) is 5.91. The number of halogens is 1. The summed E-state index contributed by atoms with van der Waals surface area (Å²) in [4.78, 5) is 0. The molecule has 1 aromatic carbocycles. The molecule has 1 atom stereocenters. The molecule has 0 spiro atoms. The Morgan fingerprint density at radius 3 is 2.55 bits per heavy atom. The van der Waals surface area contributed by atoms with E-state index in [1.54, 1.807) is 7.11 Å². The normalized spacial score (nSPS) is 24.4. The van der Waals surface area contributed by atoms with Crippen molar-refractivity contribution in [2.24, 2.45) is 5.92 Å². The van der Waals surface area contributed by atoms with E-state index in [9.17, 15) is 0 Å². The number of benzene rings is 1. The topological polar surface area (TPSA) is 21.3 Å². The average molecular weight is 340 g/mol. The highest BCUT2D eigenvalue weighted by Gasteiger charge is 2.21. The number of rotatable bonds is 5. The smallest absolute Gasteiger partial charge is 0.133 e. The fourth-order valence-electron chi connectivity index (χ4n) is 3.14. The van der Waals surface area contributed by atoms with E-state index in [0.29, 0.717) is 12.1 Å². The molecule has 1 aliphatic rings. The van der Waals surface area contributed by atoms with E-state index in [0.717, 1.165) is 16.1 Å². The van der Waals surface area contributed by atoms with Gasteiger partial charge >= 0.3 is 0 Å². The van der Waals surface area contributed by atoms with Crippen LogP contribution in [0.25, 0.3) is 0 Å². The van der Waals surface area contributed by atoms with Crippen LogP contribution >= 0.6 is 15.9 Å². The molecular weight excluding hydrogens is 314 g/mol. The minimum Gasteiger partial charge on any atom is -0.496 e. The van der Waals surface area contributed by atoms with Crippen molar-refractivity contribution in [2.45, 2.75) is 58.0 Å². The maximum atomic E-state index is 5.29. The number of hydrogen-bond acceptors (Lipinski definition) is 2. The molecule has 1 saturated carbocycles. The lowest BCUT2D eigenvalue weighted by Crippen LogP contribution is -2.34. The number of ether oxygens (including phenoxy) is 1. The molecule has 2 nitrogen and oxygen atoms in total. The van der Waals surface area contributed by atoms with E-state index >= 15 is 0 Å². The molecule has 1 N–H and O–H groups in total. The third-order valence-electron chi connectivity index (χ3n) is 4.59. The van der Waals surface area contributed by atoms with Crippen LogP contribution in [0.15, 0.2) is 22.7 Å². The van der Waals surface area contributed by atoms with Crippen LogP contribution in [0.3, 0.4) is 0 Å². The van der Waals surface area contributed by atoms with E-state index < -0.39 is 0 Å². The van der Waals surface area contributed by atoms with Crippen molar-refractivity contribution in [3.05, 3.63) is 28.2 Å². The van der Waals surface area contributed by atoms with Gasteiger partial charge in [-0.2, -0.15) is 0 Å². The SMILES string of the molecule is CCC1CCC(NC(C)c2ccc(OC)c(Br)c2)CC1. The number of nitrogens with one attached hydrogen (secondary N) is 1. The third-order valence-corrected chi connectivity index (χ3v) is 5.21. The molecule has 1 unspecified atom stereocenters. The Balaban J connectivity index is 1.91. The summed E-state index contributed by atoms with van der Waals surface area (Å²) >= 11 is 3.57. The summed E-state index contributed by atoms with van der Waals surface area (Å²) in [5.74, 6) is 1.85. The van der Waals surface area contributed by atoms with Gasteiger partial charge < -0.3 is 10.1 Å². The van der Waals surface area contributed by atoms with Gasteiger partial charge in [0.25, 0.3) is 0 Å². The molecule has 0 aliphatic heterocycles. The fourth-order valence-corrected chi connectivity index (χ4v) is 3.70. The van der Waals surface area contributed by atoms with Crippen LogP contribution in [0.5, 0.6) is 5.75 Å². The number of methoxy groups -OCH3 is 1. The molecule has 0 bridgehead atoms. The molecule has 0 aromatic heterocycles. The predicted octanol–water partition coefficient (Wildman–Crippen LogP) is 5.08. The van der Waals surface area contributed by atoms with Gasteiger partial charge in [-0.1, -0.05) is 19.4 Å². The van der Waals surface area contributed by atoms with E-state index in [-0.39, 0.29) is 0 Å². The van der Waals surface area contributed by atoms with Gasteiger partial charge in [-0.25, -0.2) is 0 Å². The van der Waals surface area contributed by atoms with E-state index in [1.807, 2.05) is 6.07 Å². The third kappa shape index (κ3) is 3.98. The van der Waals surface area contributed by atoms with E-state index in [4.69, 9.17) is 4.74 Å². The van der Waals surface area contributed by atoms with Crippen LogP contribution in [0.2, 0.25) is 0 Å². The molecular formula is C17H26BrNO. The highest BCUT2D eigenvalue weighted by Crippen LogP contribution is 2.30. The maximum Gasteiger partial charge on any atom is 0.133 e. The van der Waals surface area contributed by atoms with E-state index in [2.05, 4.69) is 47.2 Å². The van der Waals surface area contributed by atoms with Crippen molar-refractivity contribution in [1.29, 1.82) is 0 Å². The molecule has 0 heterocycles. The van der Waals surface area contributed by atoms with Crippen LogP contribution < -0.4 is 10.1 Å². The molecule has 112 valence electrons. The van der Waals surface area contributed by atoms with Crippen molar-refractivity contribution in [3.8, 4) is 5.75 Å². The van der Waals surface area contributed by atoms with Gasteiger partial charge in [0.05, 0.1) is 11.6 Å². The summed E-state index contributed by atoms with van der Waals surface area (Å²) in [5.41, 5.74) is 1.32. The molecule has 1 fully saturated rings. The minimum absolute atomic E-state index is 0.389. The van der Waals surface area contributed by atoms with Gasteiger partial charge in [-0.15, -0.1) is 0 Å². The Morgan fingerprint density at radius 1 is 1.30 bits per heavy atom. The molecule has 1 aromatic rings. The first-order valence-electron chi connectivity index (χ1n) is 7.73. The second kappa shape index (κ2) is 7.46. The van der Waals surface area contributed by atoms with Gasteiger partial charge in [-0.05, 0) is 72.2 Å². The molecule has 0 amide bonds. The van der Waals surface area contributed by atoms with Gasteiger partial charge in [0.1, 0.15) is 5.75 Å². The van der Waals surface area contributed by atoms with Crippen molar-refractivity contribution >= 4 is 15.9 Å². The zero-order valence-electron chi connectivity index (χ0n) is 12.8. The first-order chi connectivity index (χ1) is 9.63. The Bertz CT molecular complexity index is 427. The fraction of sp³-hybridized carbons (Fsp3) is 0.647. The molecule has 0 saturated heterocycles. The summed E-state index contributed by atoms with van der Waals surface area (Å²) in [6.07, 6.45) is 6.74. The minimum atomic E-state index is 0.389. The van der Waals surface area contributed by atoms with Crippen LogP contribution in [0, 0.1) is 5.92 Å². The molecule has 20 heavy (non-hydrogen) atoms. The van der Waals surface area contributed by atoms with Crippen molar-refractivity contribution in [2.75, 3.05) is 7.11 Å². The Hall–Kier alpha value is -0.540. The zero-order chi connectivity index (χ0) is 14.5. The first-order valence-corrected chi connectivity index (χ1v) is 8.52. The van der Waals surface area contributed by atoms with Crippen LogP contribution in [0.4, 0.5) is 0 Å². The molecule has 3 heteroatoms. The van der Waals surface area contributed by atoms with Gasteiger partial charge in [0, 0.05) is 12.1 Å². The Kier molecular flexibility index (Phi) is 5.91. The predicted molar refractivity (Wildman–Crippen MR) is 88.3 cm³/mol. The highest BCUT2D eigenvalue weighted by atomic mass is 79.9. The summed E-state index contributed by atoms with van der Waals surface area (Å²) < 4.78 is 6.32. The van der Waals surface area contributed by atoms with Gasteiger partial charge in [0.2, 0.25) is 0 Å². The monoisotopic (exact) mass is 339 g/mol. The van der Waals surface area contributed by atoms with Gasteiger partial charge in [0.15, 0.2) is 0 Å². The molecule has 0 radical (unpaired) electrons. The summed E-state index contributed by atoms with van der Waals surface area (Å²) in [6.45, 7) is 4.57. The summed E-state index contributed by atoms with van der Waals surface area (Å²) in [7, 11) is 1.70. The highest BCUT2D eigenvalue weighted by molar-refractivity contribution is 9.10. The lowest BCUT2D eigenvalue weighted by atomic mass is 9.84. The second-order valence-corrected chi connectivity index (χ2v) is 6.76.